The number of para-hydroxylation sites is 1. The second-order valence-corrected chi connectivity index (χ2v) is 7.66. The summed E-state index contributed by atoms with van der Waals surface area (Å²) in [6, 6.07) is 18.9. The van der Waals surface area contributed by atoms with Gasteiger partial charge in [-0.1, -0.05) is 36.4 Å². The number of nitrogens with one attached hydrogen (secondary N) is 2. The number of hydrogen-bond donors (Lipinski definition) is 2. The van der Waals surface area contributed by atoms with Gasteiger partial charge >= 0.3 is 0 Å². The largest absolute Gasteiger partial charge is 0.497 e. The molecule has 0 aliphatic carbocycles. The van der Waals surface area contributed by atoms with Crippen LogP contribution in [0.1, 0.15) is 0 Å². The molecule has 5 heteroatoms. The van der Waals surface area contributed by atoms with Gasteiger partial charge in [-0.25, -0.2) is 4.98 Å². The van der Waals surface area contributed by atoms with Crippen molar-refractivity contribution in [2.45, 2.75) is 0 Å². The zero-order valence-corrected chi connectivity index (χ0v) is 16.9. The number of aromatic amines is 1. The van der Waals surface area contributed by atoms with E-state index in [1.807, 2.05) is 12.1 Å². The molecule has 5 nitrogen and oxygen atoms in total. The number of likely N-dealkylation sites (N-methyl/N-ethyl adjacent to an activating group) is 1. The molecule has 0 atom stereocenters. The molecule has 0 saturated heterocycles. The van der Waals surface area contributed by atoms with Crippen LogP contribution in [0.15, 0.2) is 54.6 Å². The quantitative estimate of drug-likeness (QED) is 0.447. The summed E-state index contributed by atoms with van der Waals surface area (Å²) in [6.45, 7) is 1.78. The lowest BCUT2D eigenvalue weighted by Crippen LogP contribution is -2.21. The van der Waals surface area contributed by atoms with Crippen LogP contribution in [0.2, 0.25) is 0 Å². The van der Waals surface area contributed by atoms with Crippen molar-refractivity contribution in [1.82, 2.24) is 14.9 Å². The molecule has 0 aliphatic rings. The minimum absolute atomic E-state index is 0.835. The van der Waals surface area contributed by atoms with Gasteiger partial charge in [0.05, 0.1) is 29.0 Å². The number of H-pyrrole nitrogens is 1. The van der Waals surface area contributed by atoms with Crippen molar-refractivity contribution >= 4 is 49.3 Å². The molecule has 2 heterocycles. The second kappa shape index (κ2) is 6.94. The molecule has 0 bridgehead atoms. The highest BCUT2D eigenvalue weighted by atomic mass is 16.5. The van der Waals surface area contributed by atoms with Crippen LogP contribution in [0.4, 0.5) is 5.82 Å². The van der Waals surface area contributed by atoms with Crippen LogP contribution in [-0.4, -0.2) is 49.2 Å². The van der Waals surface area contributed by atoms with Gasteiger partial charge in [0.25, 0.3) is 0 Å². The molecule has 29 heavy (non-hydrogen) atoms. The van der Waals surface area contributed by atoms with Gasteiger partial charge in [0, 0.05) is 29.2 Å². The second-order valence-electron chi connectivity index (χ2n) is 7.66. The number of aromatic nitrogens is 2. The van der Waals surface area contributed by atoms with E-state index < -0.39 is 0 Å². The molecular formula is C24H24N4O. The van der Waals surface area contributed by atoms with Crippen LogP contribution >= 0.6 is 0 Å². The Morgan fingerprint density at radius 3 is 2.62 bits per heavy atom. The molecule has 0 aliphatic heterocycles. The zero-order valence-electron chi connectivity index (χ0n) is 16.9. The van der Waals surface area contributed by atoms with Crippen LogP contribution in [-0.2, 0) is 0 Å². The van der Waals surface area contributed by atoms with E-state index in [4.69, 9.17) is 9.72 Å². The Morgan fingerprint density at radius 1 is 0.966 bits per heavy atom. The van der Waals surface area contributed by atoms with Crippen molar-refractivity contribution in [3.05, 3.63) is 54.6 Å². The number of methoxy groups -OCH3 is 1. The zero-order chi connectivity index (χ0) is 20.0. The molecule has 0 spiro atoms. The summed E-state index contributed by atoms with van der Waals surface area (Å²) >= 11 is 0. The maximum Gasteiger partial charge on any atom is 0.136 e. The predicted molar refractivity (Wildman–Crippen MR) is 122 cm³/mol. The highest BCUT2D eigenvalue weighted by Crippen LogP contribution is 2.38. The minimum Gasteiger partial charge on any atom is -0.497 e. The summed E-state index contributed by atoms with van der Waals surface area (Å²) in [5, 5.41) is 9.35. The highest BCUT2D eigenvalue weighted by Gasteiger charge is 2.16. The number of ether oxygens (including phenoxy) is 1. The fraction of sp³-hybridized carbons (Fsp3) is 0.208. The van der Waals surface area contributed by atoms with E-state index in [0.29, 0.717) is 0 Å². The van der Waals surface area contributed by atoms with Crippen molar-refractivity contribution in [2.24, 2.45) is 0 Å². The summed E-state index contributed by atoms with van der Waals surface area (Å²) in [7, 11) is 5.86. The number of benzene rings is 3. The van der Waals surface area contributed by atoms with E-state index in [0.717, 1.165) is 57.4 Å². The number of anilines is 1. The van der Waals surface area contributed by atoms with Crippen LogP contribution in [0.25, 0.3) is 43.5 Å². The third-order valence-electron chi connectivity index (χ3n) is 5.49. The average Bonchev–Trinajstić information content (AvgIpc) is 3.14. The average molecular weight is 384 g/mol. The molecule has 0 fully saturated rings. The summed E-state index contributed by atoms with van der Waals surface area (Å²) in [5.74, 6) is 1.78. The minimum atomic E-state index is 0.835. The Hall–Kier alpha value is -3.31. The van der Waals surface area contributed by atoms with Crippen molar-refractivity contribution in [1.29, 1.82) is 0 Å². The maximum atomic E-state index is 5.47. The Morgan fingerprint density at radius 2 is 1.79 bits per heavy atom. The number of hydrogen-bond acceptors (Lipinski definition) is 4. The van der Waals surface area contributed by atoms with Crippen molar-refractivity contribution < 1.29 is 4.74 Å². The molecule has 5 rings (SSSR count). The van der Waals surface area contributed by atoms with Gasteiger partial charge in [0.15, 0.2) is 0 Å². The lowest BCUT2D eigenvalue weighted by molar-refractivity contribution is 0.415. The van der Waals surface area contributed by atoms with E-state index in [1.165, 1.54) is 10.8 Å². The van der Waals surface area contributed by atoms with Crippen LogP contribution in [0.3, 0.4) is 0 Å². The molecule has 0 amide bonds. The normalized spacial score (nSPS) is 11.9. The molecule has 2 N–H and O–H groups in total. The van der Waals surface area contributed by atoms with Crippen molar-refractivity contribution in [3.63, 3.8) is 0 Å². The number of rotatable bonds is 5. The Balaban J connectivity index is 1.84. The SMILES string of the molecule is COc1ccc2ccc3c([nH]c4c5ccccc5nc(NCCN(C)C)c34)c2c1. The first-order valence-corrected chi connectivity index (χ1v) is 9.85. The van der Waals surface area contributed by atoms with Gasteiger partial charge in [-0.2, -0.15) is 0 Å². The lowest BCUT2D eigenvalue weighted by atomic mass is 10.0. The smallest absolute Gasteiger partial charge is 0.136 e. The van der Waals surface area contributed by atoms with Gasteiger partial charge in [0.1, 0.15) is 11.6 Å². The Bertz CT molecular complexity index is 1350. The van der Waals surface area contributed by atoms with Crippen LogP contribution in [0, 0.1) is 0 Å². The molecule has 0 saturated carbocycles. The summed E-state index contributed by atoms with van der Waals surface area (Å²) in [5.41, 5.74) is 3.22. The molecule has 0 unspecified atom stereocenters. The van der Waals surface area contributed by atoms with E-state index >= 15 is 0 Å². The Kier molecular flexibility index (Phi) is 4.25. The van der Waals surface area contributed by atoms with Gasteiger partial charge < -0.3 is 19.9 Å². The van der Waals surface area contributed by atoms with Gasteiger partial charge in [0.2, 0.25) is 0 Å². The van der Waals surface area contributed by atoms with Gasteiger partial charge in [-0.05, 0) is 37.7 Å². The van der Waals surface area contributed by atoms with Crippen LogP contribution in [0.5, 0.6) is 5.75 Å². The molecule has 2 aromatic heterocycles. The predicted octanol–water partition coefficient (Wildman–Crippen LogP) is 5.00. The van der Waals surface area contributed by atoms with Crippen molar-refractivity contribution in [3.8, 4) is 5.75 Å². The topological polar surface area (TPSA) is 53.2 Å². The molecule has 5 aromatic rings. The number of nitrogens with zero attached hydrogens (tertiary/aromatic N) is 2. The van der Waals surface area contributed by atoms with Gasteiger partial charge in [-0.15, -0.1) is 0 Å². The van der Waals surface area contributed by atoms with E-state index in [2.05, 4.69) is 71.8 Å². The van der Waals surface area contributed by atoms with E-state index in [1.54, 1.807) is 7.11 Å². The number of fused-ring (bicyclic) bond motifs is 7. The third kappa shape index (κ3) is 2.95. The lowest BCUT2D eigenvalue weighted by Gasteiger charge is -2.13. The Labute approximate surface area is 169 Å². The monoisotopic (exact) mass is 384 g/mol. The van der Waals surface area contributed by atoms with Crippen LogP contribution < -0.4 is 10.1 Å². The summed E-state index contributed by atoms with van der Waals surface area (Å²) < 4.78 is 5.47. The summed E-state index contributed by atoms with van der Waals surface area (Å²) in [6.07, 6.45) is 0. The number of pyridine rings is 1. The maximum absolute atomic E-state index is 5.47. The summed E-state index contributed by atoms with van der Waals surface area (Å²) in [4.78, 5) is 10.8. The highest BCUT2D eigenvalue weighted by molar-refractivity contribution is 6.24. The first-order valence-electron chi connectivity index (χ1n) is 9.85. The van der Waals surface area contributed by atoms with E-state index in [-0.39, 0.29) is 0 Å². The fourth-order valence-corrected chi connectivity index (χ4v) is 4.02. The molecule has 0 radical (unpaired) electrons. The standard InChI is InChI=1S/C24H24N4O/c1-28(2)13-12-25-24-21-18-11-9-15-8-10-16(29-3)14-19(15)22(18)27-23(21)17-6-4-5-7-20(17)26-24/h4-11,14,27H,12-13H2,1-3H3,(H,25,26). The van der Waals surface area contributed by atoms with Crippen molar-refractivity contribution in [2.75, 3.05) is 39.6 Å². The molecule has 3 aromatic carbocycles. The van der Waals surface area contributed by atoms with Gasteiger partial charge in [-0.3, -0.25) is 0 Å². The first kappa shape index (κ1) is 17.8. The molecule has 146 valence electrons. The first-order chi connectivity index (χ1) is 14.2. The van der Waals surface area contributed by atoms with E-state index in [9.17, 15) is 0 Å². The third-order valence-corrected chi connectivity index (χ3v) is 5.49. The fourth-order valence-electron chi connectivity index (χ4n) is 4.02. The molecular weight excluding hydrogens is 360 g/mol.